The van der Waals surface area contributed by atoms with Crippen molar-refractivity contribution in [3.63, 3.8) is 0 Å². The number of aliphatic hydroxyl groups is 1. The van der Waals surface area contributed by atoms with Crippen molar-refractivity contribution in [3.8, 4) is 0 Å². The maximum atomic E-state index is 10.4. The molecule has 5 heteroatoms. The van der Waals surface area contributed by atoms with E-state index in [2.05, 4.69) is 21.0 Å². The van der Waals surface area contributed by atoms with Gasteiger partial charge in [0, 0.05) is 26.7 Å². The zero-order valence-electron chi connectivity index (χ0n) is 9.66. The quantitative estimate of drug-likeness (QED) is 0.899. The number of aryl methyl sites for hydroxylation is 2. The van der Waals surface area contributed by atoms with Crippen molar-refractivity contribution < 1.29 is 9.84 Å². The van der Waals surface area contributed by atoms with Crippen molar-refractivity contribution in [1.82, 2.24) is 9.78 Å². The molecule has 0 aromatic carbocycles. The Balaban J connectivity index is 2.19. The summed E-state index contributed by atoms with van der Waals surface area (Å²) in [5.74, 6) is 0. The third kappa shape index (κ3) is 2.31. The summed E-state index contributed by atoms with van der Waals surface area (Å²) in [7, 11) is 1.91. The highest BCUT2D eigenvalue weighted by atomic mass is 79.9. The number of aromatic nitrogens is 2. The van der Waals surface area contributed by atoms with Crippen molar-refractivity contribution in [3.05, 3.63) is 15.9 Å². The minimum atomic E-state index is -0.638. The Morgan fingerprint density at radius 1 is 1.50 bits per heavy atom. The zero-order chi connectivity index (χ0) is 11.8. The predicted octanol–water partition coefficient (Wildman–Crippen LogP) is 1.58. The summed E-state index contributed by atoms with van der Waals surface area (Å²) in [4.78, 5) is 0. The Morgan fingerprint density at radius 3 is 2.62 bits per heavy atom. The van der Waals surface area contributed by atoms with Crippen LogP contribution in [0, 0.1) is 6.92 Å². The highest BCUT2D eigenvalue weighted by Gasteiger charge is 2.32. The minimum absolute atomic E-state index is 0.633. The molecular weight excluding hydrogens is 272 g/mol. The van der Waals surface area contributed by atoms with Crippen LogP contribution in [-0.4, -0.2) is 33.7 Å². The van der Waals surface area contributed by atoms with Crippen LogP contribution in [0.2, 0.25) is 0 Å². The molecule has 16 heavy (non-hydrogen) atoms. The number of hydrogen-bond donors (Lipinski definition) is 1. The normalized spacial score (nSPS) is 20.0. The van der Waals surface area contributed by atoms with Gasteiger partial charge in [0.1, 0.15) is 0 Å². The van der Waals surface area contributed by atoms with Crippen LogP contribution in [-0.2, 0) is 18.2 Å². The van der Waals surface area contributed by atoms with Gasteiger partial charge < -0.3 is 9.84 Å². The molecule has 1 saturated heterocycles. The van der Waals surface area contributed by atoms with E-state index in [0.717, 1.165) is 15.9 Å². The fraction of sp³-hybridized carbons (Fsp3) is 0.727. The van der Waals surface area contributed by atoms with Crippen molar-refractivity contribution in [2.24, 2.45) is 7.05 Å². The smallest absolute Gasteiger partial charge is 0.0747 e. The van der Waals surface area contributed by atoms with E-state index in [1.165, 1.54) is 0 Å². The number of rotatable bonds is 2. The molecule has 0 atom stereocenters. The van der Waals surface area contributed by atoms with Gasteiger partial charge in [-0.05, 0) is 35.7 Å². The molecule has 4 nitrogen and oxygen atoms in total. The molecule has 0 aliphatic carbocycles. The molecule has 90 valence electrons. The van der Waals surface area contributed by atoms with Crippen LogP contribution in [0.5, 0.6) is 0 Å². The van der Waals surface area contributed by atoms with Gasteiger partial charge in [-0.15, -0.1) is 0 Å². The molecule has 2 heterocycles. The number of nitrogens with zero attached hydrogens (tertiary/aromatic N) is 2. The summed E-state index contributed by atoms with van der Waals surface area (Å²) in [5.41, 5.74) is 1.39. The van der Waals surface area contributed by atoms with Crippen molar-refractivity contribution in [2.75, 3.05) is 13.2 Å². The molecule has 0 bridgehead atoms. The van der Waals surface area contributed by atoms with E-state index >= 15 is 0 Å². The third-order valence-corrected chi connectivity index (χ3v) is 4.21. The van der Waals surface area contributed by atoms with E-state index < -0.39 is 5.60 Å². The number of ether oxygens (including phenoxy) is 1. The van der Waals surface area contributed by atoms with Crippen LogP contribution < -0.4 is 0 Å². The maximum Gasteiger partial charge on any atom is 0.0747 e. The second kappa shape index (κ2) is 4.47. The van der Waals surface area contributed by atoms with Gasteiger partial charge in [-0.25, -0.2) is 0 Å². The molecule has 0 spiro atoms. The maximum absolute atomic E-state index is 10.4. The van der Waals surface area contributed by atoms with Gasteiger partial charge in [-0.2, -0.15) is 5.10 Å². The number of halogens is 1. The summed E-state index contributed by atoms with van der Waals surface area (Å²) in [6.45, 7) is 3.25. The van der Waals surface area contributed by atoms with Crippen LogP contribution >= 0.6 is 15.9 Å². The molecule has 0 saturated carbocycles. The third-order valence-electron chi connectivity index (χ3n) is 3.18. The summed E-state index contributed by atoms with van der Waals surface area (Å²) >= 11 is 3.53. The van der Waals surface area contributed by atoms with Crippen LogP contribution in [0.15, 0.2) is 4.47 Å². The lowest BCUT2D eigenvalue weighted by Gasteiger charge is -2.32. The largest absolute Gasteiger partial charge is 0.389 e. The molecule has 1 N–H and O–H groups in total. The summed E-state index contributed by atoms with van der Waals surface area (Å²) in [6, 6.07) is 0. The lowest BCUT2D eigenvalue weighted by atomic mass is 9.89. The topological polar surface area (TPSA) is 47.3 Å². The summed E-state index contributed by atoms with van der Waals surface area (Å²) in [6.07, 6.45) is 2.03. The Morgan fingerprint density at radius 2 is 2.12 bits per heavy atom. The lowest BCUT2D eigenvalue weighted by Crippen LogP contribution is -2.38. The summed E-state index contributed by atoms with van der Waals surface area (Å²) in [5, 5.41) is 14.8. The molecule has 0 unspecified atom stereocenters. The zero-order valence-corrected chi connectivity index (χ0v) is 11.2. The van der Waals surface area contributed by atoms with Crippen LogP contribution in [0.3, 0.4) is 0 Å². The SMILES string of the molecule is Cc1nn(C)c(CC2(O)CCOCC2)c1Br. The monoisotopic (exact) mass is 288 g/mol. The van der Waals surface area contributed by atoms with Gasteiger partial charge in [0.2, 0.25) is 0 Å². The molecule has 2 rings (SSSR count). The average Bonchev–Trinajstić information content (AvgIpc) is 2.46. The fourth-order valence-corrected chi connectivity index (χ4v) is 2.59. The molecule has 1 aliphatic rings. The average molecular weight is 289 g/mol. The van der Waals surface area contributed by atoms with E-state index in [1.807, 2.05) is 18.7 Å². The van der Waals surface area contributed by atoms with Crippen molar-refractivity contribution in [2.45, 2.75) is 31.8 Å². The molecule has 1 aliphatic heterocycles. The summed E-state index contributed by atoms with van der Waals surface area (Å²) < 4.78 is 8.12. The Labute approximate surface area is 104 Å². The predicted molar refractivity (Wildman–Crippen MR) is 64.4 cm³/mol. The van der Waals surface area contributed by atoms with Gasteiger partial charge in [0.15, 0.2) is 0 Å². The molecule has 0 amide bonds. The lowest BCUT2D eigenvalue weighted by molar-refractivity contribution is -0.0635. The van der Waals surface area contributed by atoms with Gasteiger partial charge in [0.05, 0.1) is 21.5 Å². The van der Waals surface area contributed by atoms with E-state index in [0.29, 0.717) is 32.5 Å². The first-order valence-electron chi connectivity index (χ1n) is 5.50. The highest BCUT2D eigenvalue weighted by molar-refractivity contribution is 9.10. The first-order chi connectivity index (χ1) is 7.52. The Hall–Kier alpha value is -0.390. The van der Waals surface area contributed by atoms with E-state index in [9.17, 15) is 5.11 Å². The van der Waals surface area contributed by atoms with Gasteiger partial charge in [0.25, 0.3) is 0 Å². The van der Waals surface area contributed by atoms with Crippen LogP contribution in [0.1, 0.15) is 24.2 Å². The molecule has 1 aromatic heterocycles. The van der Waals surface area contributed by atoms with Gasteiger partial charge >= 0.3 is 0 Å². The first-order valence-corrected chi connectivity index (χ1v) is 6.29. The van der Waals surface area contributed by atoms with Crippen LogP contribution in [0.4, 0.5) is 0 Å². The molecule has 0 radical (unpaired) electrons. The Bertz CT molecular complexity index is 384. The second-order valence-electron chi connectivity index (χ2n) is 4.48. The molecular formula is C11H17BrN2O2. The van der Waals surface area contributed by atoms with E-state index in [4.69, 9.17) is 4.74 Å². The number of hydrogen-bond acceptors (Lipinski definition) is 3. The van der Waals surface area contributed by atoms with Crippen molar-refractivity contribution in [1.29, 1.82) is 0 Å². The molecule has 1 aromatic rings. The van der Waals surface area contributed by atoms with Gasteiger partial charge in [-0.1, -0.05) is 0 Å². The molecule has 1 fully saturated rings. The minimum Gasteiger partial charge on any atom is -0.389 e. The highest BCUT2D eigenvalue weighted by Crippen LogP contribution is 2.29. The fourth-order valence-electron chi connectivity index (χ4n) is 2.11. The van der Waals surface area contributed by atoms with E-state index in [-0.39, 0.29) is 0 Å². The van der Waals surface area contributed by atoms with E-state index in [1.54, 1.807) is 0 Å². The van der Waals surface area contributed by atoms with Crippen molar-refractivity contribution >= 4 is 15.9 Å². The van der Waals surface area contributed by atoms with Gasteiger partial charge in [-0.3, -0.25) is 4.68 Å². The Kier molecular flexibility index (Phi) is 3.37. The standard InChI is InChI=1S/C11H17BrN2O2/c1-8-10(12)9(14(2)13-8)7-11(15)3-5-16-6-4-11/h15H,3-7H2,1-2H3. The van der Waals surface area contributed by atoms with Crippen LogP contribution in [0.25, 0.3) is 0 Å². The first kappa shape index (κ1) is 12.1. The second-order valence-corrected chi connectivity index (χ2v) is 5.28.